The number of anilines is 1. The van der Waals surface area contributed by atoms with Crippen LogP contribution in [0.4, 0.5) is 5.69 Å². The minimum Gasteiger partial charge on any atom is -0.455 e. The Kier molecular flexibility index (Phi) is 2.83. The number of pyridine rings is 1. The predicted molar refractivity (Wildman–Crippen MR) is 56.6 cm³/mol. The third kappa shape index (κ3) is 3.46. The number of hydrogen-bond donors (Lipinski definition) is 2. The van der Waals surface area contributed by atoms with Crippen molar-refractivity contribution in [2.75, 3.05) is 5.73 Å². The van der Waals surface area contributed by atoms with Crippen molar-refractivity contribution in [1.82, 2.24) is 4.98 Å². The van der Waals surface area contributed by atoms with Gasteiger partial charge in [-0.15, -0.1) is 0 Å². The fraction of sp³-hybridized carbons (Fsp3) is 0.400. The van der Waals surface area contributed by atoms with Crippen molar-refractivity contribution in [2.24, 2.45) is 0 Å². The highest BCUT2D eigenvalue weighted by molar-refractivity contribution is 5.88. The Balaban J connectivity index is 2.97. The Morgan fingerprint density at radius 3 is 2.47 bits per heavy atom. The molecule has 5 heteroatoms. The summed E-state index contributed by atoms with van der Waals surface area (Å²) in [6, 6.07) is 2.57. The maximum absolute atomic E-state index is 11.5. The topological polar surface area (TPSA) is 85.2 Å². The molecule has 0 radical (unpaired) electrons. The molecule has 0 saturated carbocycles. The number of hydrogen-bond acceptors (Lipinski definition) is 4. The van der Waals surface area contributed by atoms with Gasteiger partial charge < -0.3 is 15.5 Å². The quantitative estimate of drug-likeness (QED) is 0.675. The van der Waals surface area contributed by atoms with Gasteiger partial charge in [0.15, 0.2) is 0 Å². The number of ether oxygens (including phenoxy) is 1. The summed E-state index contributed by atoms with van der Waals surface area (Å²) in [5, 5.41) is 0. The van der Waals surface area contributed by atoms with Gasteiger partial charge in [0, 0.05) is 11.8 Å². The molecule has 0 aliphatic heterocycles. The number of esters is 1. The molecule has 0 aliphatic carbocycles. The van der Waals surface area contributed by atoms with Gasteiger partial charge in [-0.3, -0.25) is 4.79 Å². The van der Waals surface area contributed by atoms with Crippen LogP contribution in [0.15, 0.2) is 16.9 Å². The second-order valence-electron chi connectivity index (χ2n) is 4.19. The molecule has 15 heavy (non-hydrogen) atoms. The molecule has 0 bridgehead atoms. The van der Waals surface area contributed by atoms with Crippen LogP contribution < -0.4 is 11.3 Å². The second kappa shape index (κ2) is 3.76. The van der Waals surface area contributed by atoms with E-state index in [0.29, 0.717) is 0 Å². The van der Waals surface area contributed by atoms with E-state index in [-0.39, 0.29) is 11.4 Å². The monoisotopic (exact) mass is 210 g/mol. The van der Waals surface area contributed by atoms with Gasteiger partial charge in [-0.05, 0) is 26.8 Å². The lowest BCUT2D eigenvalue weighted by atomic mass is 10.2. The maximum atomic E-state index is 11.5. The zero-order valence-electron chi connectivity index (χ0n) is 8.96. The van der Waals surface area contributed by atoms with Crippen molar-refractivity contribution in [1.29, 1.82) is 0 Å². The number of carbonyl (C=O) groups is 1. The zero-order valence-corrected chi connectivity index (χ0v) is 8.96. The molecule has 1 aromatic heterocycles. The van der Waals surface area contributed by atoms with Gasteiger partial charge >= 0.3 is 5.97 Å². The highest BCUT2D eigenvalue weighted by Gasteiger charge is 2.18. The molecule has 1 aromatic rings. The largest absolute Gasteiger partial charge is 0.455 e. The normalized spacial score (nSPS) is 11.1. The highest BCUT2D eigenvalue weighted by atomic mass is 16.6. The Morgan fingerprint density at radius 2 is 2.00 bits per heavy atom. The molecule has 0 amide bonds. The number of aromatic nitrogens is 1. The molecule has 0 aromatic carbocycles. The molecule has 0 atom stereocenters. The summed E-state index contributed by atoms with van der Waals surface area (Å²) >= 11 is 0. The molecule has 3 N–H and O–H groups in total. The molecular weight excluding hydrogens is 196 g/mol. The third-order valence-corrected chi connectivity index (χ3v) is 1.49. The first-order valence-electron chi connectivity index (χ1n) is 4.51. The van der Waals surface area contributed by atoms with Gasteiger partial charge in [-0.25, -0.2) is 4.79 Å². The number of aromatic amines is 1. The van der Waals surface area contributed by atoms with Gasteiger partial charge in [0.2, 0.25) is 0 Å². The first kappa shape index (κ1) is 11.3. The van der Waals surface area contributed by atoms with Crippen LogP contribution in [0.25, 0.3) is 0 Å². The van der Waals surface area contributed by atoms with E-state index >= 15 is 0 Å². The number of carbonyl (C=O) groups excluding carboxylic acids is 1. The number of nitrogens with one attached hydrogen (secondary N) is 1. The summed E-state index contributed by atoms with van der Waals surface area (Å²) in [6.07, 6.45) is 0. The fourth-order valence-electron chi connectivity index (χ4n) is 1.01. The summed E-state index contributed by atoms with van der Waals surface area (Å²) in [6.45, 7) is 5.24. The van der Waals surface area contributed by atoms with Crippen LogP contribution in [0, 0.1) is 0 Å². The molecule has 0 aliphatic rings. The zero-order chi connectivity index (χ0) is 11.6. The average Bonchev–Trinajstić information content (AvgIpc) is 1.98. The van der Waals surface area contributed by atoms with E-state index < -0.39 is 17.1 Å². The van der Waals surface area contributed by atoms with Crippen LogP contribution >= 0.6 is 0 Å². The van der Waals surface area contributed by atoms with E-state index in [1.807, 2.05) is 0 Å². The standard InChI is InChI=1S/C10H14N2O3/c1-10(2,3)15-9(14)7-4-6(11)5-8(13)12-7/h4-5H,1-3H3,(H3,11,12,13). The van der Waals surface area contributed by atoms with Crippen LogP contribution in [-0.2, 0) is 4.74 Å². The minimum absolute atomic E-state index is 0.0647. The van der Waals surface area contributed by atoms with Crippen LogP contribution in [0.1, 0.15) is 31.3 Å². The minimum atomic E-state index is -0.599. The maximum Gasteiger partial charge on any atom is 0.355 e. The SMILES string of the molecule is CC(C)(C)OC(=O)c1cc(N)cc(=O)[nH]1. The summed E-state index contributed by atoms with van der Waals surface area (Å²) in [4.78, 5) is 24.9. The van der Waals surface area contributed by atoms with E-state index in [0.717, 1.165) is 0 Å². The van der Waals surface area contributed by atoms with Crippen LogP contribution in [-0.4, -0.2) is 16.6 Å². The van der Waals surface area contributed by atoms with Gasteiger partial charge in [-0.1, -0.05) is 0 Å². The first-order valence-corrected chi connectivity index (χ1v) is 4.51. The Hall–Kier alpha value is -1.78. The Labute approximate surface area is 87.3 Å². The summed E-state index contributed by atoms with van der Waals surface area (Å²) < 4.78 is 5.07. The van der Waals surface area contributed by atoms with E-state index in [2.05, 4.69) is 4.98 Å². The number of rotatable bonds is 1. The third-order valence-electron chi connectivity index (χ3n) is 1.49. The molecule has 0 saturated heterocycles. The molecule has 82 valence electrons. The van der Waals surface area contributed by atoms with Crippen LogP contribution in [0.5, 0.6) is 0 Å². The second-order valence-corrected chi connectivity index (χ2v) is 4.19. The number of nitrogens with two attached hydrogens (primary N) is 1. The Bertz CT molecular complexity index is 429. The van der Waals surface area contributed by atoms with E-state index in [1.165, 1.54) is 12.1 Å². The lowest BCUT2D eigenvalue weighted by molar-refractivity contribution is 0.00626. The van der Waals surface area contributed by atoms with E-state index in [9.17, 15) is 9.59 Å². The van der Waals surface area contributed by atoms with Crippen molar-refractivity contribution >= 4 is 11.7 Å². The van der Waals surface area contributed by atoms with Crippen molar-refractivity contribution < 1.29 is 9.53 Å². The number of H-pyrrole nitrogens is 1. The van der Waals surface area contributed by atoms with Crippen molar-refractivity contribution in [3.05, 3.63) is 28.2 Å². The highest BCUT2D eigenvalue weighted by Crippen LogP contribution is 2.11. The predicted octanol–water partition coefficient (Wildman–Crippen LogP) is 0.912. The lowest BCUT2D eigenvalue weighted by Crippen LogP contribution is -2.25. The summed E-state index contributed by atoms with van der Waals surface area (Å²) in [7, 11) is 0. The average molecular weight is 210 g/mol. The molecular formula is C10H14N2O3. The van der Waals surface area contributed by atoms with Crippen LogP contribution in [0.2, 0.25) is 0 Å². The van der Waals surface area contributed by atoms with Crippen molar-refractivity contribution in [2.45, 2.75) is 26.4 Å². The van der Waals surface area contributed by atoms with E-state index in [1.54, 1.807) is 20.8 Å². The van der Waals surface area contributed by atoms with Gasteiger partial charge in [0.05, 0.1) is 0 Å². The smallest absolute Gasteiger partial charge is 0.355 e. The summed E-state index contributed by atoms with van der Waals surface area (Å²) in [5.41, 5.74) is 4.71. The first-order chi connectivity index (χ1) is 6.78. The Morgan fingerprint density at radius 1 is 1.40 bits per heavy atom. The molecule has 1 rings (SSSR count). The summed E-state index contributed by atoms with van der Waals surface area (Å²) in [5.74, 6) is -0.591. The molecule has 1 heterocycles. The van der Waals surface area contributed by atoms with Gasteiger partial charge in [0.1, 0.15) is 11.3 Å². The van der Waals surface area contributed by atoms with Gasteiger partial charge in [-0.2, -0.15) is 0 Å². The fourth-order valence-corrected chi connectivity index (χ4v) is 1.01. The molecule has 0 fully saturated rings. The van der Waals surface area contributed by atoms with E-state index in [4.69, 9.17) is 10.5 Å². The number of nitrogen functional groups attached to an aromatic ring is 1. The molecule has 0 unspecified atom stereocenters. The molecule has 0 spiro atoms. The van der Waals surface area contributed by atoms with Gasteiger partial charge in [0.25, 0.3) is 5.56 Å². The van der Waals surface area contributed by atoms with Crippen LogP contribution in [0.3, 0.4) is 0 Å². The van der Waals surface area contributed by atoms with Crippen molar-refractivity contribution in [3.63, 3.8) is 0 Å². The lowest BCUT2D eigenvalue weighted by Gasteiger charge is -2.19. The van der Waals surface area contributed by atoms with Crippen molar-refractivity contribution in [3.8, 4) is 0 Å². The molecule has 5 nitrogen and oxygen atoms in total.